The lowest BCUT2D eigenvalue weighted by atomic mass is 10.1. The average Bonchev–Trinajstić information content (AvgIpc) is 2.85. The van der Waals surface area contributed by atoms with E-state index >= 15 is 0 Å². The summed E-state index contributed by atoms with van der Waals surface area (Å²) in [5.41, 5.74) is 3.05. The number of carbonyl (C=O) groups is 1. The Hall–Kier alpha value is -2.46. The van der Waals surface area contributed by atoms with Gasteiger partial charge in [0.25, 0.3) is 5.91 Å². The quantitative estimate of drug-likeness (QED) is 0.757. The second-order valence-corrected chi connectivity index (χ2v) is 6.00. The zero-order valence-electron chi connectivity index (χ0n) is 13.2. The third-order valence-electron chi connectivity index (χ3n) is 3.74. The fourth-order valence-corrected chi connectivity index (χ4v) is 2.74. The van der Waals surface area contributed by atoms with E-state index in [9.17, 15) is 4.79 Å². The van der Waals surface area contributed by atoms with Crippen LogP contribution in [0.25, 0.3) is 11.0 Å². The highest BCUT2D eigenvalue weighted by Crippen LogP contribution is 2.30. The monoisotopic (exact) mass is 328 g/mol. The number of halogens is 1. The van der Waals surface area contributed by atoms with E-state index in [1.807, 2.05) is 56.3 Å². The highest BCUT2D eigenvalue weighted by Gasteiger charge is 2.19. The van der Waals surface area contributed by atoms with E-state index in [-0.39, 0.29) is 5.91 Å². The van der Waals surface area contributed by atoms with Crippen LogP contribution in [0.1, 0.15) is 16.1 Å². The molecular weight excluding hydrogens is 312 g/mol. The fraction of sp³-hybridized carbons (Fsp3) is 0.167. The maximum Gasteiger partial charge on any atom is 0.291 e. The van der Waals surface area contributed by atoms with Crippen LogP contribution in [0, 0.1) is 6.92 Å². The molecule has 0 bridgehead atoms. The molecule has 0 radical (unpaired) electrons. The third kappa shape index (κ3) is 2.90. The highest BCUT2D eigenvalue weighted by atomic mass is 35.5. The molecule has 0 unspecified atom stereocenters. The number of anilines is 2. The molecule has 0 spiro atoms. The summed E-state index contributed by atoms with van der Waals surface area (Å²) >= 11 is 6.05. The summed E-state index contributed by atoms with van der Waals surface area (Å²) in [6, 6.07) is 13.0. The van der Waals surface area contributed by atoms with E-state index in [1.54, 1.807) is 12.1 Å². The van der Waals surface area contributed by atoms with Crippen LogP contribution in [-0.4, -0.2) is 20.0 Å². The molecule has 4 nitrogen and oxygen atoms in total. The first kappa shape index (κ1) is 15.4. The lowest BCUT2D eigenvalue weighted by Gasteiger charge is -2.18. The zero-order chi connectivity index (χ0) is 16.6. The van der Waals surface area contributed by atoms with Crippen molar-refractivity contribution in [2.24, 2.45) is 0 Å². The number of hydrogen-bond acceptors (Lipinski definition) is 3. The lowest BCUT2D eigenvalue weighted by Crippen LogP contribution is -2.17. The number of amides is 1. The van der Waals surface area contributed by atoms with E-state index in [0.29, 0.717) is 22.1 Å². The normalized spacial score (nSPS) is 10.8. The molecule has 0 saturated heterocycles. The van der Waals surface area contributed by atoms with Crippen LogP contribution in [0.4, 0.5) is 11.4 Å². The number of furan rings is 1. The maximum absolute atomic E-state index is 12.6. The van der Waals surface area contributed by atoms with Crippen LogP contribution < -0.4 is 10.2 Å². The van der Waals surface area contributed by atoms with Crippen molar-refractivity contribution >= 4 is 39.9 Å². The summed E-state index contributed by atoms with van der Waals surface area (Å²) in [7, 11) is 3.82. The molecule has 0 atom stereocenters. The van der Waals surface area contributed by atoms with Crippen molar-refractivity contribution in [1.82, 2.24) is 0 Å². The number of hydrogen-bond donors (Lipinski definition) is 1. The lowest BCUT2D eigenvalue weighted by molar-refractivity contribution is 0.0998. The first-order chi connectivity index (χ1) is 11.0. The first-order valence-corrected chi connectivity index (χ1v) is 7.61. The molecule has 0 aliphatic carbocycles. The number of nitrogens with one attached hydrogen (secondary N) is 1. The van der Waals surface area contributed by atoms with E-state index in [0.717, 1.165) is 16.6 Å². The van der Waals surface area contributed by atoms with Gasteiger partial charge in [-0.15, -0.1) is 0 Å². The van der Waals surface area contributed by atoms with Crippen LogP contribution in [0.2, 0.25) is 5.02 Å². The number of nitrogens with zero attached hydrogens (tertiary/aromatic N) is 1. The second kappa shape index (κ2) is 5.97. The van der Waals surface area contributed by atoms with Crippen LogP contribution in [0.15, 0.2) is 46.9 Å². The smallest absolute Gasteiger partial charge is 0.291 e. The molecule has 118 valence electrons. The summed E-state index contributed by atoms with van der Waals surface area (Å²) in [5.74, 6) is 0.0277. The highest BCUT2D eigenvalue weighted by molar-refractivity contribution is 6.31. The van der Waals surface area contributed by atoms with Crippen molar-refractivity contribution < 1.29 is 9.21 Å². The van der Waals surface area contributed by atoms with Crippen molar-refractivity contribution in [2.45, 2.75) is 6.92 Å². The van der Waals surface area contributed by atoms with Gasteiger partial charge in [0, 0.05) is 30.1 Å². The van der Waals surface area contributed by atoms with Crippen molar-refractivity contribution in [3.05, 3.63) is 58.8 Å². The fourth-order valence-electron chi connectivity index (χ4n) is 2.57. The molecule has 0 aliphatic rings. The van der Waals surface area contributed by atoms with Crippen LogP contribution >= 0.6 is 11.6 Å². The Balaban J connectivity index is 1.98. The van der Waals surface area contributed by atoms with Crippen LogP contribution in [0.3, 0.4) is 0 Å². The van der Waals surface area contributed by atoms with Crippen LogP contribution in [0.5, 0.6) is 0 Å². The Morgan fingerprint density at radius 2 is 1.91 bits per heavy atom. The van der Waals surface area contributed by atoms with Gasteiger partial charge < -0.3 is 14.6 Å². The number of aryl methyl sites for hydroxylation is 1. The molecule has 0 fully saturated rings. The third-order valence-corrected chi connectivity index (χ3v) is 3.97. The number of para-hydroxylation sites is 1. The largest absolute Gasteiger partial charge is 0.451 e. The molecule has 0 saturated carbocycles. The molecule has 1 aromatic heterocycles. The zero-order valence-corrected chi connectivity index (χ0v) is 13.9. The second-order valence-electron chi connectivity index (χ2n) is 5.56. The predicted molar refractivity (Wildman–Crippen MR) is 94.7 cm³/mol. The molecule has 1 N–H and O–H groups in total. The topological polar surface area (TPSA) is 45.5 Å². The van der Waals surface area contributed by atoms with Crippen molar-refractivity contribution in [3.63, 3.8) is 0 Å². The van der Waals surface area contributed by atoms with Crippen LogP contribution in [-0.2, 0) is 0 Å². The van der Waals surface area contributed by atoms with Crippen molar-refractivity contribution in [2.75, 3.05) is 24.3 Å². The van der Waals surface area contributed by atoms with Gasteiger partial charge >= 0.3 is 0 Å². The molecule has 1 heterocycles. The average molecular weight is 329 g/mol. The van der Waals surface area contributed by atoms with Gasteiger partial charge in [0.1, 0.15) is 5.58 Å². The molecule has 3 aromatic rings. The molecule has 23 heavy (non-hydrogen) atoms. The summed E-state index contributed by atoms with van der Waals surface area (Å²) in [5, 5.41) is 4.40. The summed E-state index contributed by atoms with van der Waals surface area (Å²) < 4.78 is 5.70. The number of rotatable bonds is 3. The number of carbonyl (C=O) groups excluding carboxylic acids is 1. The standard InChI is InChI=1S/C18H17ClN2O2/c1-11-13-6-4-5-7-16(13)23-17(11)18(22)20-14-10-12(19)8-9-15(14)21(2)3/h4-10H,1-3H3,(H,20,22). The Bertz CT molecular complexity index is 884. The van der Waals surface area contributed by atoms with Gasteiger partial charge in [0.15, 0.2) is 5.76 Å². The Labute approximate surface area is 139 Å². The summed E-state index contributed by atoms with van der Waals surface area (Å²) in [6.45, 7) is 1.88. The Kier molecular flexibility index (Phi) is 4.01. The first-order valence-electron chi connectivity index (χ1n) is 7.23. The minimum absolute atomic E-state index is 0.288. The van der Waals surface area contributed by atoms with Gasteiger partial charge in [0.05, 0.1) is 11.4 Å². The minimum Gasteiger partial charge on any atom is -0.451 e. The van der Waals surface area contributed by atoms with Gasteiger partial charge in [-0.25, -0.2) is 0 Å². The van der Waals surface area contributed by atoms with Gasteiger partial charge in [-0.1, -0.05) is 29.8 Å². The minimum atomic E-state index is -0.288. The summed E-state index contributed by atoms with van der Waals surface area (Å²) in [4.78, 5) is 14.5. The molecule has 2 aromatic carbocycles. The molecule has 1 amide bonds. The number of benzene rings is 2. The molecule has 3 rings (SSSR count). The van der Waals surface area contributed by atoms with E-state index in [1.165, 1.54) is 0 Å². The molecule has 5 heteroatoms. The maximum atomic E-state index is 12.6. The SMILES string of the molecule is Cc1c(C(=O)Nc2cc(Cl)ccc2N(C)C)oc2ccccc12. The van der Waals surface area contributed by atoms with E-state index < -0.39 is 0 Å². The van der Waals surface area contributed by atoms with E-state index in [4.69, 9.17) is 16.0 Å². The predicted octanol–water partition coefficient (Wildman–Crippen LogP) is 4.71. The van der Waals surface area contributed by atoms with Gasteiger partial charge in [0.2, 0.25) is 0 Å². The molecular formula is C18H17ClN2O2. The molecule has 0 aliphatic heterocycles. The van der Waals surface area contributed by atoms with Gasteiger partial charge in [-0.05, 0) is 31.2 Å². The van der Waals surface area contributed by atoms with Gasteiger partial charge in [-0.3, -0.25) is 4.79 Å². The summed E-state index contributed by atoms with van der Waals surface area (Å²) in [6.07, 6.45) is 0. The van der Waals surface area contributed by atoms with Crippen molar-refractivity contribution in [1.29, 1.82) is 0 Å². The van der Waals surface area contributed by atoms with Gasteiger partial charge in [-0.2, -0.15) is 0 Å². The Morgan fingerprint density at radius 3 is 2.61 bits per heavy atom. The van der Waals surface area contributed by atoms with Crippen molar-refractivity contribution in [3.8, 4) is 0 Å². The number of fused-ring (bicyclic) bond motifs is 1. The van der Waals surface area contributed by atoms with E-state index in [2.05, 4.69) is 5.32 Å². The Morgan fingerprint density at radius 1 is 1.17 bits per heavy atom.